The van der Waals surface area contributed by atoms with Crippen LogP contribution in [0.4, 0.5) is 13.2 Å². The second-order valence-corrected chi connectivity index (χ2v) is 7.89. The van der Waals surface area contributed by atoms with Crippen molar-refractivity contribution in [3.8, 4) is 0 Å². The summed E-state index contributed by atoms with van der Waals surface area (Å²) in [6.45, 7) is 1.11. The number of benzene rings is 2. The summed E-state index contributed by atoms with van der Waals surface area (Å²) in [6, 6.07) is 12.2. The van der Waals surface area contributed by atoms with Gasteiger partial charge in [-0.15, -0.1) is 0 Å². The zero-order chi connectivity index (χ0) is 20.4. The lowest BCUT2D eigenvalue weighted by Gasteiger charge is -2.16. The SMILES string of the molecule is O=c1c2ccccc2nc(SCc2ccc(C(F)(F)F)cc2)n1CC1CCCO1. The van der Waals surface area contributed by atoms with E-state index < -0.39 is 11.7 Å². The molecular formula is C21H19F3N2O2S. The molecule has 4 rings (SSSR count). The smallest absolute Gasteiger partial charge is 0.376 e. The third kappa shape index (κ3) is 4.48. The predicted molar refractivity (Wildman–Crippen MR) is 106 cm³/mol. The van der Waals surface area contributed by atoms with E-state index in [9.17, 15) is 18.0 Å². The summed E-state index contributed by atoms with van der Waals surface area (Å²) in [7, 11) is 0. The summed E-state index contributed by atoms with van der Waals surface area (Å²) in [4.78, 5) is 17.7. The van der Waals surface area contributed by atoms with Gasteiger partial charge in [0.2, 0.25) is 0 Å². The maximum atomic E-state index is 13.0. The van der Waals surface area contributed by atoms with Crippen molar-refractivity contribution in [3.05, 3.63) is 70.0 Å². The zero-order valence-electron chi connectivity index (χ0n) is 15.5. The molecule has 3 aromatic rings. The second-order valence-electron chi connectivity index (χ2n) is 6.95. The number of halogens is 3. The molecule has 0 bridgehead atoms. The van der Waals surface area contributed by atoms with Crippen LogP contribution in [0.5, 0.6) is 0 Å². The fraction of sp³-hybridized carbons (Fsp3) is 0.333. The fourth-order valence-electron chi connectivity index (χ4n) is 3.35. The highest BCUT2D eigenvalue weighted by molar-refractivity contribution is 7.98. The van der Waals surface area contributed by atoms with Crippen LogP contribution >= 0.6 is 11.8 Å². The van der Waals surface area contributed by atoms with Gasteiger partial charge in [0, 0.05) is 12.4 Å². The molecule has 0 saturated carbocycles. The van der Waals surface area contributed by atoms with Crippen molar-refractivity contribution in [1.82, 2.24) is 9.55 Å². The molecule has 1 fully saturated rings. The normalized spacial score (nSPS) is 17.1. The lowest BCUT2D eigenvalue weighted by atomic mass is 10.1. The molecule has 0 spiro atoms. The first-order valence-electron chi connectivity index (χ1n) is 9.32. The maximum absolute atomic E-state index is 13.0. The highest BCUT2D eigenvalue weighted by atomic mass is 32.2. The number of hydrogen-bond donors (Lipinski definition) is 0. The van der Waals surface area contributed by atoms with Crippen molar-refractivity contribution in [3.63, 3.8) is 0 Å². The van der Waals surface area contributed by atoms with E-state index in [0.29, 0.717) is 35.0 Å². The molecule has 29 heavy (non-hydrogen) atoms. The monoisotopic (exact) mass is 420 g/mol. The van der Waals surface area contributed by atoms with Crippen molar-refractivity contribution >= 4 is 22.7 Å². The van der Waals surface area contributed by atoms with Crippen LogP contribution in [0.25, 0.3) is 10.9 Å². The van der Waals surface area contributed by atoms with Gasteiger partial charge in [0.1, 0.15) is 0 Å². The number of alkyl halides is 3. The molecule has 1 aliphatic rings. The lowest BCUT2D eigenvalue weighted by Crippen LogP contribution is -2.28. The van der Waals surface area contributed by atoms with Gasteiger partial charge >= 0.3 is 6.18 Å². The summed E-state index contributed by atoms with van der Waals surface area (Å²) in [6.07, 6.45) is -2.52. The van der Waals surface area contributed by atoms with Crippen molar-refractivity contribution in [2.45, 2.75) is 42.6 Å². The third-order valence-electron chi connectivity index (χ3n) is 4.89. The average molecular weight is 420 g/mol. The number of fused-ring (bicyclic) bond motifs is 1. The lowest BCUT2D eigenvalue weighted by molar-refractivity contribution is -0.137. The molecule has 0 radical (unpaired) electrons. The minimum Gasteiger partial charge on any atom is -0.376 e. The van der Waals surface area contributed by atoms with Gasteiger partial charge in [-0.25, -0.2) is 4.98 Å². The first-order chi connectivity index (χ1) is 13.9. The Morgan fingerprint density at radius 1 is 1.14 bits per heavy atom. The number of rotatable bonds is 5. The van der Waals surface area contributed by atoms with Crippen molar-refractivity contribution in [2.75, 3.05) is 6.61 Å². The highest BCUT2D eigenvalue weighted by Gasteiger charge is 2.30. The first kappa shape index (κ1) is 20.0. The maximum Gasteiger partial charge on any atom is 0.416 e. The predicted octanol–water partition coefficient (Wildman–Crippen LogP) is 4.89. The molecule has 1 atom stereocenters. The molecular weight excluding hydrogens is 401 g/mol. The molecule has 1 aromatic heterocycles. The molecule has 1 unspecified atom stereocenters. The highest BCUT2D eigenvalue weighted by Crippen LogP contribution is 2.30. The number of hydrogen-bond acceptors (Lipinski definition) is 4. The molecule has 2 aromatic carbocycles. The van der Waals surface area contributed by atoms with Crippen LogP contribution in [0.1, 0.15) is 24.0 Å². The van der Waals surface area contributed by atoms with E-state index in [0.717, 1.165) is 30.5 Å². The summed E-state index contributed by atoms with van der Waals surface area (Å²) in [5, 5.41) is 1.09. The standard InChI is InChI=1S/C21H19F3N2O2S/c22-21(23,24)15-9-7-14(8-10-15)13-29-20-25-18-6-2-1-5-17(18)19(27)26(20)12-16-4-3-11-28-16/h1-2,5-10,16H,3-4,11-13H2. The minimum atomic E-state index is -4.35. The van der Waals surface area contributed by atoms with Gasteiger partial charge in [0.15, 0.2) is 5.16 Å². The zero-order valence-corrected chi connectivity index (χ0v) is 16.3. The van der Waals surface area contributed by atoms with E-state index >= 15 is 0 Å². The van der Waals surface area contributed by atoms with Crippen LogP contribution in [0.3, 0.4) is 0 Å². The van der Waals surface area contributed by atoms with E-state index in [1.54, 1.807) is 22.8 Å². The molecule has 0 aliphatic carbocycles. The fourth-order valence-corrected chi connectivity index (χ4v) is 4.31. The van der Waals surface area contributed by atoms with Crippen LogP contribution in [-0.2, 0) is 23.2 Å². The van der Waals surface area contributed by atoms with Crippen LogP contribution < -0.4 is 5.56 Å². The van der Waals surface area contributed by atoms with E-state index in [-0.39, 0.29) is 11.7 Å². The van der Waals surface area contributed by atoms with Crippen molar-refractivity contribution in [1.29, 1.82) is 0 Å². The average Bonchev–Trinajstić information content (AvgIpc) is 3.22. The van der Waals surface area contributed by atoms with Gasteiger partial charge in [-0.2, -0.15) is 13.2 Å². The Balaban J connectivity index is 1.62. The molecule has 0 amide bonds. The van der Waals surface area contributed by atoms with Crippen molar-refractivity contribution in [2.24, 2.45) is 0 Å². The van der Waals surface area contributed by atoms with Gasteiger partial charge in [0.05, 0.1) is 29.1 Å². The molecule has 1 saturated heterocycles. The van der Waals surface area contributed by atoms with Crippen LogP contribution in [-0.4, -0.2) is 22.3 Å². The molecule has 4 nitrogen and oxygen atoms in total. The Morgan fingerprint density at radius 3 is 2.59 bits per heavy atom. The largest absolute Gasteiger partial charge is 0.416 e. The topological polar surface area (TPSA) is 44.1 Å². The number of aromatic nitrogens is 2. The van der Waals surface area contributed by atoms with E-state index in [4.69, 9.17) is 4.74 Å². The number of para-hydroxylation sites is 1. The minimum absolute atomic E-state index is 0.0268. The summed E-state index contributed by atoms with van der Waals surface area (Å²) in [5.41, 5.74) is 0.538. The third-order valence-corrected chi connectivity index (χ3v) is 5.93. The molecule has 1 aliphatic heterocycles. The Bertz CT molecular complexity index is 1060. The van der Waals surface area contributed by atoms with Gasteiger partial charge in [-0.3, -0.25) is 9.36 Å². The number of ether oxygens (including phenoxy) is 1. The second kappa shape index (κ2) is 8.20. The Labute approximate surface area is 169 Å². The van der Waals surface area contributed by atoms with Crippen LogP contribution in [0, 0.1) is 0 Å². The Kier molecular flexibility index (Phi) is 5.65. The van der Waals surface area contributed by atoms with Gasteiger partial charge in [0.25, 0.3) is 5.56 Å². The molecule has 2 heterocycles. The Hall–Kier alpha value is -2.32. The first-order valence-corrected chi connectivity index (χ1v) is 10.3. The van der Waals surface area contributed by atoms with Crippen LogP contribution in [0.15, 0.2) is 58.5 Å². The van der Waals surface area contributed by atoms with E-state index in [1.165, 1.54) is 23.9 Å². The van der Waals surface area contributed by atoms with Gasteiger partial charge < -0.3 is 4.74 Å². The number of thioether (sulfide) groups is 1. The Morgan fingerprint density at radius 2 is 1.90 bits per heavy atom. The van der Waals surface area contributed by atoms with Gasteiger partial charge in [-0.1, -0.05) is 36.0 Å². The summed E-state index contributed by atoms with van der Waals surface area (Å²) < 4.78 is 45.5. The summed E-state index contributed by atoms with van der Waals surface area (Å²) >= 11 is 1.34. The van der Waals surface area contributed by atoms with Gasteiger partial charge in [-0.05, 0) is 42.7 Å². The van der Waals surface area contributed by atoms with Crippen LogP contribution in [0.2, 0.25) is 0 Å². The quantitative estimate of drug-likeness (QED) is 0.436. The summed E-state index contributed by atoms with van der Waals surface area (Å²) in [5.74, 6) is 0.411. The molecule has 0 N–H and O–H groups in total. The van der Waals surface area contributed by atoms with Crippen molar-refractivity contribution < 1.29 is 17.9 Å². The van der Waals surface area contributed by atoms with E-state index in [2.05, 4.69) is 4.98 Å². The molecule has 152 valence electrons. The molecule has 8 heteroatoms. The number of nitrogens with zero attached hydrogens (tertiary/aromatic N) is 2. The van der Waals surface area contributed by atoms with E-state index in [1.807, 2.05) is 6.07 Å².